The van der Waals surface area contributed by atoms with Crippen LogP contribution in [0, 0.1) is 0 Å². The largest absolute Gasteiger partial charge is 0.383 e. The van der Waals surface area contributed by atoms with Crippen molar-refractivity contribution in [1.29, 1.82) is 0 Å². The summed E-state index contributed by atoms with van der Waals surface area (Å²) in [7, 11) is -2.05. The molecule has 0 aliphatic rings. The van der Waals surface area contributed by atoms with Crippen molar-refractivity contribution in [3.05, 3.63) is 29.3 Å². The molecule has 0 fully saturated rings. The Morgan fingerprint density at radius 2 is 1.95 bits per heavy atom. The van der Waals surface area contributed by atoms with Crippen LogP contribution in [0.2, 0.25) is 5.02 Å². The number of carbonyl (C=O) groups excluding carboxylic acids is 1. The van der Waals surface area contributed by atoms with Gasteiger partial charge in [0.2, 0.25) is 15.9 Å². The molecule has 8 heteroatoms. The summed E-state index contributed by atoms with van der Waals surface area (Å²) in [6.07, 6.45) is 1.05. The molecule has 0 aromatic heterocycles. The van der Waals surface area contributed by atoms with E-state index in [1.54, 1.807) is 31.2 Å². The lowest BCUT2D eigenvalue weighted by Crippen LogP contribution is -2.44. The molecule has 1 atom stereocenters. The molecule has 0 aliphatic carbocycles. The number of carbonyl (C=O) groups is 1. The summed E-state index contributed by atoms with van der Waals surface area (Å²) in [5.41, 5.74) is 0.386. The molecule has 0 spiro atoms. The van der Waals surface area contributed by atoms with E-state index in [0.29, 0.717) is 17.3 Å². The molecular formula is C13H19ClN2O4S. The van der Waals surface area contributed by atoms with Gasteiger partial charge in [0.15, 0.2) is 0 Å². The molecule has 1 amide bonds. The number of nitrogens with zero attached hydrogens (tertiary/aromatic N) is 1. The summed E-state index contributed by atoms with van der Waals surface area (Å²) in [6.45, 7) is 1.83. The van der Waals surface area contributed by atoms with Gasteiger partial charge in [-0.3, -0.25) is 9.10 Å². The van der Waals surface area contributed by atoms with Gasteiger partial charge < -0.3 is 10.1 Å². The summed E-state index contributed by atoms with van der Waals surface area (Å²) >= 11 is 5.78. The summed E-state index contributed by atoms with van der Waals surface area (Å²) in [6, 6.07) is 6.04. The Morgan fingerprint density at radius 3 is 2.43 bits per heavy atom. The van der Waals surface area contributed by atoms with E-state index in [1.807, 2.05) is 0 Å². The van der Waals surface area contributed by atoms with Gasteiger partial charge in [-0.2, -0.15) is 0 Å². The molecule has 1 aromatic carbocycles. The van der Waals surface area contributed by atoms with Gasteiger partial charge in [-0.05, 0) is 31.2 Å². The highest BCUT2D eigenvalue weighted by molar-refractivity contribution is 7.92. The lowest BCUT2D eigenvalue weighted by atomic mass is 10.3. The monoisotopic (exact) mass is 334 g/mol. The molecule has 0 aliphatic heterocycles. The molecule has 0 radical (unpaired) electrons. The number of hydrogen-bond donors (Lipinski definition) is 1. The maximum atomic E-state index is 11.9. The summed E-state index contributed by atoms with van der Waals surface area (Å²) in [5.74, 6) is -0.403. The van der Waals surface area contributed by atoms with Crippen molar-refractivity contribution in [3.63, 3.8) is 0 Å². The smallest absolute Gasteiger partial charge is 0.241 e. The fraction of sp³-hybridized carbons (Fsp3) is 0.462. The first-order valence-electron chi connectivity index (χ1n) is 6.25. The second-order valence-electron chi connectivity index (χ2n) is 4.67. The topological polar surface area (TPSA) is 75.7 Å². The molecule has 1 aromatic rings. The van der Waals surface area contributed by atoms with Crippen molar-refractivity contribution >= 4 is 33.2 Å². The number of sulfonamides is 1. The third-order valence-electron chi connectivity index (χ3n) is 2.63. The average Bonchev–Trinajstić information content (AvgIpc) is 2.36. The highest BCUT2D eigenvalue weighted by atomic mass is 35.5. The van der Waals surface area contributed by atoms with Gasteiger partial charge in [0, 0.05) is 18.2 Å². The first-order chi connectivity index (χ1) is 9.74. The Morgan fingerprint density at radius 1 is 1.38 bits per heavy atom. The Kier molecular flexibility index (Phi) is 6.44. The fourth-order valence-electron chi connectivity index (χ4n) is 1.75. The second kappa shape index (κ2) is 7.63. The van der Waals surface area contributed by atoms with E-state index in [1.165, 1.54) is 7.11 Å². The van der Waals surface area contributed by atoms with E-state index in [2.05, 4.69) is 5.32 Å². The highest BCUT2D eigenvalue weighted by Crippen LogP contribution is 2.20. The lowest BCUT2D eigenvalue weighted by molar-refractivity contribution is -0.120. The van der Waals surface area contributed by atoms with Crippen LogP contribution in [0.15, 0.2) is 24.3 Å². The number of ether oxygens (including phenoxy) is 1. The Hall–Kier alpha value is -1.31. The average molecular weight is 335 g/mol. The molecule has 0 bridgehead atoms. The number of benzene rings is 1. The molecule has 0 saturated carbocycles. The van der Waals surface area contributed by atoms with E-state index in [9.17, 15) is 13.2 Å². The maximum Gasteiger partial charge on any atom is 0.241 e. The van der Waals surface area contributed by atoms with Crippen molar-refractivity contribution in [2.45, 2.75) is 13.0 Å². The SMILES string of the molecule is COC[C@@H](C)NC(=O)CN(c1ccc(Cl)cc1)S(C)(=O)=O. The zero-order valence-corrected chi connectivity index (χ0v) is 13.7. The zero-order chi connectivity index (χ0) is 16.0. The van der Waals surface area contributed by atoms with Crippen LogP contribution < -0.4 is 9.62 Å². The van der Waals surface area contributed by atoms with Gasteiger partial charge in [-0.25, -0.2) is 8.42 Å². The standard InChI is InChI=1S/C13H19ClN2O4S/c1-10(9-20-2)15-13(17)8-16(21(3,18)19)12-6-4-11(14)5-7-12/h4-7,10H,8-9H2,1-3H3,(H,15,17)/t10-/m1/s1. The van der Waals surface area contributed by atoms with Crippen molar-refractivity contribution in [2.24, 2.45) is 0 Å². The van der Waals surface area contributed by atoms with Crippen molar-refractivity contribution in [1.82, 2.24) is 5.32 Å². The van der Waals surface area contributed by atoms with Gasteiger partial charge >= 0.3 is 0 Å². The number of amides is 1. The van der Waals surface area contributed by atoms with Crippen LogP contribution in [-0.2, 0) is 19.6 Å². The highest BCUT2D eigenvalue weighted by Gasteiger charge is 2.21. The number of nitrogens with one attached hydrogen (secondary N) is 1. The Balaban J connectivity index is 2.86. The minimum atomic E-state index is -3.58. The predicted molar refractivity (Wildman–Crippen MR) is 83.1 cm³/mol. The predicted octanol–water partition coefficient (Wildman–Crippen LogP) is 1.26. The molecular weight excluding hydrogens is 316 g/mol. The van der Waals surface area contributed by atoms with Crippen LogP contribution in [0.25, 0.3) is 0 Å². The van der Waals surface area contributed by atoms with Crippen LogP contribution >= 0.6 is 11.6 Å². The Bertz CT molecular complexity index is 574. The number of rotatable bonds is 7. The third kappa shape index (κ3) is 5.91. The molecule has 21 heavy (non-hydrogen) atoms. The second-order valence-corrected chi connectivity index (χ2v) is 7.01. The first kappa shape index (κ1) is 17.7. The molecule has 0 saturated heterocycles. The zero-order valence-electron chi connectivity index (χ0n) is 12.2. The number of halogens is 1. The third-order valence-corrected chi connectivity index (χ3v) is 4.02. The maximum absolute atomic E-state index is 11.9. The molecule has 0 unspecified atom stereocenters. The van der Waals surface area contributed by atoms with Crippen molar-refractivity contribution in [3.8, 4) is 0 Å². The first-order valence-corrected chi connectivity index (χ1v) is 8.48. The van der Waals surface area contributed by atoms with E-state index in [0.717, 1.165) is 10.6 Å². The van der Waals surface area contributed by atoms with Crippen molar-refractivity contribution in [2.75, 3.05) is 30.8 Å². The summed E-state index contributed by atoms with van der Waals surface area (Å²) in [5, 5.41) is 3.16. The van der Waals surface area contributed by atoms with E-state index >= 15 is 0 Å². The van der Waals surface area contributed by atoms with Gasteiger partial charge in [-0.1, -0.05) is 11.6 Å². The minimum absolute atomic E-state index is 0.200. The Labute approximate surface area is 130 Å². The number of anilines is 1. The summed E-state index contributed by atoms with van der Waals surface area (Å²) < 4.78 is 29.6. The molecule has 6 nitrogen and oxygen atoms in total. The molecule has 0 heterocycles. The van der Waals surface area contributed by atoms with Crippen LogP contribution in [0.1, 0.15) is 6.92 Å². The van der Waals surface area contributed by atoms with E-state index in [-0.39, 0.29) is 12.6 Å². The van der Waals surface area contributed by atoms with Crippen LogP contribution in [-0.4, -0.2) is 46.9 Å². The number of methoxy groups -OCH3 is 1. The van der Waals surface area contributed by atoms with Gasteiger partial charge in [0.25, 0.3) is 0 Å². The van der Waals surface area contributed by atoms with Gasteiger partial charge in [0.1, 0.15) is 6.54 Å². The molecule has 118 valence electrons. The van der Waals surface area contributed by atoms with Crippen LogP contribution in [0.5, 0.6) is 0 Å². The number of hydrogen-bond acceptors (Lipinski definition) is 4. The van der Waals surface area contributed by atoms with Gasteiger partial charge in [0.05, 0.1) is 18.6 Å². The van der Waals surface area contributed by atoms with Crippen LogP contribution in [0.3, 0.4) is 0 Å². The quantitative estimate of drug-likeness (QED) is 0.814. The normalized spacial score (nSPS) is 12.8. The van der Waals surface area contributed by atoms with Gasteiger partial charge in [-0.15, -0.1) is 0 Å². The fourth-order valence-corrected chi connectivity index (χ4v) is 2.73. The lowest BCUT2D eigenvalue weighted by Gasteiger charge is -2.23. The van der Waals surface area contributed by atoms with E-state index in [4.69, 9.17) is 16.3 Å². The molecule has 1 rings (SSSR count). The van der Waals surface area contributed by atoms with Crippen LogP contribution in [0.4, 0.5) is 5.69 Å². The van der Waals surface area contributed by atoms with Crippen molar-refractivity contribution < 1.29 is 17.9 Å². The summed E-state index contributed by atoms with van der Waals surface area (Å²) in [4.78, 5) is 11.9. The molecule has 1 N–H and O–H groups in total. The minimum Gasteiger partial charge on any atom is -0.383 e. The van der Waals surface area contributed by atoms with E-state index < -0.39 is 15.9 Å².